The molecule has 0 atom stereocenters. The zero-order valence-electron chi connectivity index (χ0n) is 6.50. The number of rotatable bonds is 1. The third-order valence-corrected chi connectivity index (χ3v) is 2.11. The van der Waals surface area contributed by atoms with Crippen LogP contribution >= 0.6 is 11.6 Å². The molecule has 0 aliphatic rings. The highest BCUT2D eigenvalue weighted by Crippen LogP contribution is 2.21. The maximum absolute atomic E-state index is 8.78. The standard InChI is InChI=1S/C8H7ClN2O/c1-5-6(2-10)3-11-7(4-12)8(5)9/h3,12H,4H2,1H3. The third-order valence-electron chi connectivity index (χ3n) is 1.61. The number of nitrogens with zero attached hydrogens (tertiary/aromatic N) is 2. The van der Waals surface area contributed by atoms with Crippen LogP contribution in [0.3, 0.4) is 0 Å². The average Bonchev–Trinajstić information content (AvgIpc) is 2.10. The summed E-state index contributed by atoms with van der Waals surface area (Å²) in [4.78, 5) is 3.82. The highest BCUT2D eigenvalue weighted by atomic mass is 35.5. The summed E-state index contributed by atoms with van der Waals surface area (Å²) in [6.07, 6.45) is 1.41. The Morgan fingerprint density at radius 3 is 2.92 bits per heavy atom. The number of aliphatic hydroxyl groups is 1. The van der Waals surface area contributed by atoms with E-state index in [2.05, 4.69) is 4.98 Å². The van der Waals surface area contributed by atoms with Crippen molar-refractivity contribution in [3.63, 3.8) is 0 Å². The molecule has 62 valence electrons. The number of hydrogen-bond acceptors (Lipinski definition) is 3. The Balaban J connectivity index is 3.32. The van der Waals surface area contributed by atoms with E-state index in [-0.39, 0.29) is 6.61 Å². The van der Waals surface area contributed by atoms with Gasteiger partial charge in [0.1, 0.15) is 6.07 Å². The van der Waals surface area contributed by atoms with Crippen molar-refractivity contribution in [3.05, 3.63) is 28.0 Å². The van der Waals surface area contributed by atoms with Crippen LogP contribution in [0, 0.1) is 18.3 Å². The van der Waals surface area contributed by atoms with Crippen LogP contribution in [-0.4, -0.2) is 10.1 Å². The van der Waals surface area contributed by atoms with Crippen molar-refractivity contribution in [2.24, 2.45) is 0 Å². The predicted octanol–water partition coefficient (Wildman–Crippen LogP) is 1.41. The summed E-state index contributed by atoms with van der Waals surface area (Å²) < 4.78 is 0. The Morgan fingerprint density at radius 1 is 1.75 bits per heavy atom. The van der Waals surface area contributed by atoms with E-state index in [1.54, 1.807) is 6.92 Å². The summed E-state index contributed by atoms with van der Waals surface area (Å²) in [6, 6.07) is 1.96. The van der Waals surface area contributed by atoms with Crippen LogP contribution in [0.4, 0.5) is 0 Å². The maximum Gasteiger partial charge on any atom is 0.101 e. The first-order valence-electron chi connectivity index (χ1n) is 3.35. The summed E-state index contributed by atoms with van der Waals surface area (Å²) in [5.41, 5.74) is 1.52. The summed E-state index contributed by atoms with van der Waals surface area (Å²) in [5, 5.41) is 17.7. The molecule has 0 unspecified atom stereocenters. The molecule has 0 radical (unpaired) electrons. The molecule has 1 N–H and O–H groups in total. The topological polar surface area (TPSA) is 56.9 Å². The van der Waals surface area contributed by atoms with Gasteiger partial charge in [-0.1, -0.05) is 11.6 Å². The molecule has 4 heteroatoms. The molecule has 0 spiro atoms. The first-order chi connectivity index (χ1) is 5.70. The van der Waals surface area contributed by atoms with Crippen LogP contribution < -0.4 is 0 Å². The van der Waals surface area contributed by atoms with Crippen LogP contribution in [0.25, 0.3) is 0 Å². The number of aromatic nitrogens is 1. The lowest BCUT2D eigenvalue weighted by molar-refractivity contribution is 0.277. The van der Waals surface area contributed by atoms with E-state index in [1.165, 1.54) is 6.20 Å². The van der Waals surface area contributed by atoms with E-state index in [9.17, 15) is 0 Å². The Kier molecular flexibility index (Phi) is 2.64. The molecule has 0 aromatic carbocycles. The van der Waals surface area contributed by atoms with Crippen molar-refractivity contribution in [1.29, 1.82) is 5.26 Å². The van der Waals surface area contributed by atoms with Crippen LogP contribution in [-0.2, 0) is 6.61 Å². The molecule has 0 aliphatic carbocycles. The lowest BCUT2D eigenvalue weighted by Crippen LogP contribution is -1.95. The number of halogens is 1. The minimum atomic E-state index is -0.203. The van der Waals surface area contributed by atoms with Crippen LogP contribution in [0.2, 0.25) is 5.02 Å². The number of nitriles is 1. The van der Waals surface area contributed by atoms with Crippen LogP contribution in [0.1, 0.15) is 16.8 Å². The largest absolute Gasteiger partial charge is 0.390 e. The molecule has 0 amide bonds. The van der Waals surface area contributed by atoms with Gasteiger partial charge in [0.25, 0.3) is 0 Å². The fraction of sp³-hybridized carbons (Fsp3) is 0.250. The quantitative estimate of drug-likeness (QED) is 0.715. The normalized spacial score (nSPS) is 9.50. The SMILES string of the molecule is Cc1c(C#N)cnc(CO)c1Cl. The minimum Gasteiger partial charge on any atom is -0.390 e. The molecule has 1 heterocycles. The zero-order chi connectivity index (χ0) is 9.14. The maximum atomic E-state index is 8.78. The number of aliphatic hydroxyl groups excluding tert-OH is 1. The second kappa shape index (κ2) is 3.53. The Hall–Kier alpha value is -1.11. The minimum absolute atomic E-state index is 0.203. The Bertz CT molecular complexity index is 344. The van der Waals surface area contributed by atoms with Gasteiger partial charge < -0.3 is 5.11 Å². The van der Waals surface area contributed by atoms with Crippen molar-refractivity contribution in [1.82, 2.24) is 4.98 Å². The van der Waals surface area contributed by atoms with E-state index in [4.69, 9.17) is 22.0 Å². The monoisotopic (exact) mass is 182 g/mol. The van der Waals surface area contributed by atoms with Gasteiger partial charge in [0.05, 0.1) is 22.9 Å². The molecule has 1 aromatic heterocycles. The Morgan fingerprint density at radius 2 is 2.42 bits per heavy atom. The van der Waals surface area contributed by atoms with Gasteiger partial charge in [-0.05, 0) is 12.5 Å². The summed E-state index contributed by atoms with van der Waals surface area (Å²) in [7, 11) is 0. The average molecular weight is 183 g/mol. The molecular weight excluding hydrogens is 176 g/mol. The van der Waals surface area contributed by atoms with E-state index in [1.807, 2.05) is 6.07 Å². The van der Waals surface area contributed by atoms with Crippen molar-refractivity contribution in [2.45, 2.75) is 13.5 Å². The van der Waals surface area contributed by atoms with Gasteiger partial charge in [0.15, 0.2) is 0 Å². The van der Waals surface area contributed by atoms with E-state index < -0.39 is 0 Å². The second-order valence-electron chi connectivity index (χ2n) is 2.33. The fourth-order valence-corrected chi connectivity index (χ4v) is 1.06. The molecule has 0 fully saturated rings. The summed E-state index contributed by atoms with van der Waals surface area (Å²) in [5.74, 6) is 0. The predicted molar refractivity (Wildman–Crippen MR) is 44.6 cm³/mol. The van der Waals surface area contributed by atoms with Gasteiger partial charge in [-0.2, -0.15) is 5.26 Å². The summed E-state index contributed by atoms with van der Waals surface area (Å²) in [6.45, 7) is 1.52. The van der Waals surface area contributed by atoms with Crippen molar-refractivity contribution >= 4 is 11.6 Å². The van der Waals surface area contributed by atoms with Gasteiger partial charge in [-0.15, -0.1) is 0 Å². The van der Waals surface area contributed by atoms with E-state index in [0.717, 1.165) is 0 Å². The molecule has 3 nitrogen and oxygen atoms in total. The van der Waals surface area contributed by atoms with Crippen molar-refractivity contribution in [2.75, 3.05) is 0 Å². The molecule has 12 heavy (non-hydrogen) atoms. The zero-order valence-corrected chi connectivity index (χ0v) is 7.26. The van der Waals surface area contributed by atoms with Crippen molar-refractivity contribution in [3.8, 4) is 6.07 Å². The third kappa shape index (κ3) is 1.40. The smallest absolute Gasteiger partial charge is 0.101 e. The second-order valence-corrected chi connectivity index (χ2v) is 2.71. The van der Waals surface area contributed by atoms with Crippen LogP contribution in [0.5, 0.6) is 0 Å². The van der Waals surface area contributed by atoms with Crippen LogP contribution in [0.15, 0.2) is 6.20 Å². The highest BCUT2D eigenvalue weighted by Gasteiger charge is 2.07. The lowest BCUT2D eigenvalue weighted by atomic mass is 10.1. The molecule has 0 saturated carbocycles. The molecule has 0 saturated heterocycles. The molecule has 0 bridgehead atoms. The Labute approximate surface area is 75.2 Å². The summed E-state index contributed by atoms with van der Waals surface area (Å²) >= 11 is 5.80. The fourth-order valence-electron chi connectivity index (χ4n) is 0.854. The number of pyridine rings is 1. The molecule has 1 aromatic rings. The van der Waals surface area contributed by atoms with Gasteiger partial charge >= 0.3 is 0 Å². The molecular formula is C8H7ClN2O. The first kappa shape index (κ1) is 8.98. The van der Waals surface area contributed by atoms with Gasteiger partial charge in [0, 0.05) is 6.20 Å². The lowest BCUT2D eigenvalue weighted by Gasteiger charge is -2.03. The van der Waals surface area contributed by atoms with E-state index >= 15 is 0 Å². The van der Waals surface area contributed by atoms with Crippen molar-refractivity contribution < 1.29 is 5.11 Å². The van der Waals surface area contributed by atoms with Gasteiger partial charge in [-0.25, -0.2) is 0 Å². The first-order valence-corrected chi connectivity index (χ1v) is 3.73. The highest BCUT2D eigenvalue weighted by molar-refractivity contribution is 6.32. The molecule has 1 rings (SSSR count). The van der Waals surface area contributed by atoms with Gasteiger partial charge in [0.2, 0.25) is 0 Å². The number of hydrogen-bond donors (Lipinski definition) is 1. The molecule has 0 aliphatic heterocycles. The van der Waals surface area contributed by atoms with Gasteiger partial charge in [-0.3, -0.25) is 4.98 Å². The van der Waals surface area contributed by atoms with E-state index in [0.29, 0.717) is 21.8 Å².